The third kappa shape index (κ3) is 4.97. The topological polar surface area (TPSA) is 68.3 Å². The lowest BCUT2D eigenvalue weighted by atomic mass is 9.83. The van der Waals surface area contributed by atoms with Crippen LogP contribution < -0.4 is 5.32 Å². The van der Waals surface area contributed by atoms with Gasteiger partial charge >= 0.3 is 5.97 Å². The molecule has 0 aliphatic heterocycles. The smallest absolute Gasteiger partial charge is 0.338 e. The van der Waals surface area contributed by atoms with E-state index < -0.39 is 11.9 Å². The number of hydrogen-bond acceptors (Lipinski definition) is 5. The predicted octanol–water partition coefficient (Wildman–Crippen LogP) is 6.11. The van der Waals surface area contributed by atoms with E-state index in [-0.39, 0.29) is 5.91 Å². The van der Waals surface area contributed by atoms with E-state index in [2.05, 4.69) is 10.7 Å². The molecule has 1 amide bonds. The molecule has 1 heterocycles. The number of hydrogen-bond donors (Lipinski definition) is 1. The van der Waals surface area contributed by atoms with Crippen LogP contribution in [0, 0.1) is 0 Å². The van der Waals surface area contributed by atoms with Crippen molar-refractivity contribution in [2.45, 2.75) is 38.0 Å². The van der Waals surface area contributed by atoms with Crippen molar-refractivity contribution in [3.05, 3.63) is 81.3 Å². The minimum atomic E-state index is -0.509. The highest BCUT2D eigenvalue weighted by molar-refractivity contribution is 7.10. The number of aromatic nitrogens is 1. The molecular weight excluding hydrogens is 420 g/mol. The summed E-state index contributed by atoms with van der Waals surface area (Å²) in [5, 5.41) is 6.11. The third-order valence-electron chi connectivity index (χ3n) is 5.86. The van der Waals surface area contributed by atoms with E-state index in [1.807, 2.05) is 42.5 Å². The Balaban J connectivity index is 1.44. The fraction of sp³-hybridized carbons (Fsp3) is 0.269. The van der Waals surface area contributed by atoms with E-state index in [4.69, 9.17) is 9.72 Å². The van der Waals surface area contributed by atoms with Crippen molar-refractivity contribution in [1.82, 2.24) is 4.98 Å². The summed E-state index contributed by atoms with van der Waals surface area (Å²) in [6.45, 7) is 1.78. The normalized spacial score (nSPS) is 14.7. The number of carbonyl (C=O) groups is 2. The first-order valence-corrected chi connectivity index (χ1v) is 11.6. The van der Waals surface area contributed by atoms with Crippen LogP contribution in [0.3, 0.4) is 0 Å². The first kappa shape index (κ1) is 22.0. The SMILES string of the molecule is COC(=O)c1ccccc1C(C)C(=O)Nc1cccc(C=Cc2nc(C3CCC3)cs2)c1. The molecule has 1 atom stereocenters. The van der Waals surface area contributed by atoms with Crippen molar-refractivity contribution in [3.8, 4) is 0 Å². The number of anilines is 1. The van der Waals surface area contributed by atoms with Gasteiger partial charge in [0.1, 0.15) is 5.01 Å². The van der Waals surface area contributed by atoms with Crippen molar-refractivity contribution in [2.24, 2.45) is 0 Å². The van der Waals surface area contributed by atoms with E-state index in [0.717, 1.165) is 10.6 Å². The van der Waals surface area contributed by atoms with Crippen molar-refractivity contribution >= 4 is 41.1 Å². The average molecular weight is 447 g/mol. The zero-order valence-corrected chi connectivity index (χ0v) is 19.0. The average Bonchev–Trinajstić information content (AvgIpc) is 3.24. The molecule has 1 aromatic heterocycles. The molecule has 0 saturated heterocycles. The summed E-state index contributed by atoms with van der Waals surface area (Å²) < 4.78 is 4.85. The van der Waals surface area contributed by atoms with Crippen molar-refractivity contribution in [2.75, 3.05) is 12.4 Å². The summed E-state index contributed by atoms with van der Waals surface area (Å²) in [7, 11) is 1.34. The first-order chi connectivity index (χ1) is 15.5. The Morgan fingerprint density at radius 3 is 2.72 bits per heavy atom. The zero-order valence-electron chi connectivity index (χ0n) is 18.2. The first-order valence-electron chi connectivity index (χ1n) is 10.8. The monoisotopic (exact) mass is 446 g/mol. The molecule has 164 valence electrons. The van der Waals surface area contributed by atoms with Gasteiger partial charge in [-0.3, -0.25) is 4.79 Å². The molecule has 5 nitrogen and oxygen atoms in total. The molecule has 1 aliphatic rings. The number of esters is 1. The Morgan fingerprint density at radius 2 is 1.97 bits per heavy atom. The third-order valence-corrected chi connectivity index (χ3v) is 6.69. The van der Waals surface area contributed by atoms with Crippen molar-refractivity contribution in [3.63, 3.8) is 0 Å². The molecular formula is C26H26N2O3S. The van der Waals surface area contributed by atoms with Crippen molar-refractivity contribution in [1.29, 1.82) is 0 Å². The highest BCUT2D eigenvalue weighted by Gasteiger charge is 2.22. The number of nitrogens with one attached hydrogen (secondary N) is 1. The number of nitrogens with zero attached hydrogens (tertiary/aromatic N) is 1. The van der Waals surface area contributed by atoms with Gasteiger partial charge in [0.15, 0.2) is 0 Å². The van der Waals surface area contributed by atoms with Crippen molar-refractivity contribution < 1.29 is 14.3 Å². The largest absolute Gasteiger partial charge is 0.465 e. The molecule has 1 fully saturated rings. The molecule has 1 N–H and O–H groups in total. The van der Waals surface area contributed by atoms with Crippen LogP contribution in [-0.2, 0) is 9.53 Å². The zero-order chi connectivity index (χ0) is 22.5. The lowest BCUT2D eigenvalue weighted by Gasteiger charge is -2.22. The van der Waals surface area contributed by atoms with Gasteiger partial charge in [-0.1, -0.05) is 42.8 Å². The molecule has 0 bridgehead atoms. The highest BCUT2D eigenvalue weighted by Crippen LogP contribution is 2.36. The van der Waals surface area contributed by atoms with Gasteiger partial charge in [-0.25, -0.2) is 9.78 Å². The number of methoxy groups -OCH3 is 1. The number of thiazole rings is 1. The molecule has 1 unspecified atom stereocenters. The lowest BCUT2D eigenvalue weighted by molar-refractivity contribution is -0.117. The van der Waals surface area contributed by atoms with E-state index in [0.29, 0.717) is 22.7 Å². The number of benzene rings is 2. The van der Waals surface area contributed by atoms with E-state index in [9.17, 15) is 9.59 Å². The van der Waals surface area contributed by atoms with E-state index >= 15 is 0 Å². The number of carbonyl (C=O) groups excluding carboxylic acids is 2. The van der Waals surface area contributed by atoms with Crippen LogP contribution in [0.25, 0.3) is 12.2 Å². The summed E-state index contributed by atoms with van der Waals surface area (Å²) in [5.41, 5.74) is 3.93. The Hall–Kier alpha value is -3.25. The van der Waals surface area contributed by atoms with Crippen LogP contribution in [-0.4, -0.2) is 24.0 Å². The second kappa shape index (κ2) is 9.92. The maximum atomic E-state index is 12.9. The van der Waals surface area contributed by atoms with Gasteiger partial charge in [-0.2, -0.15) is 0 Å². The molecule has 0 spiro atoms. The quantitative estimate of drug-likeness (QED) is 0.445. The molecule has 1 aliphatic carbocycles. The Kier molecular flexibility index (Phi) is 6.81. The summed E-state index contributed by atoms with van der Waals surface area (Å²) in [6, 6.07) is 14.7. The van der Waals surface area contributed by atoms with Gasteiger partial charge in [0, 0.05) is 17.0 Å². The molecule has 4 rings (SSSR count). The van der Waals surface area contributed by atoms with Crippen LogP contribution in [0.2, 0.25) is 0 Å². The van der Waals surface area contributed by atoms with E-state index in [1.54, 1.807) is 36.5 Å². The van der Waals surface area contributed by atoms with Crippen LogP contribution in [0.5, 0.6) is 0 Å². The molecule has 3 aromatic rings. The molecule has 6 heteroatoms. The summed E-state index contributed by atoms with van der Waals surface area (Å²) in [6.07, 6.45) is 7.82. The van der Waals surface area contributed by atoms with Gasteiger partial charge < -0.3 is 10.1 Å². The second-order valence-corrected chi connectivity index (χ2v) is 8.88. The maximum Gasteiger partial charge on any atom is 0.338 e. The fourth-order valence-electron chi connectivity index (χ4n) is 3.72. The second-order valence-electron chi connectivity index (χ2n) is 7.99. The molecule has 2 aromatic carbocycles. The summed E-state index contributed by atoms with van der Waals surface area (Å²) >= 11 is 1.66. The predicted molar refractivity (Wildman–Crippen MR) is 129 cm³/mol. The minimum absolute atomic E-state index is 0.187. The maximum absolute atomic E-state index is 12.9. The van der Waals surface area contributed by atoms with Gasteiger partial charge in [-0.15, -0.1) is 11.3 Å². The Bertz CT molecular complexity index is 1150. The van der Waals surface area contributed by atoms with Gasteiger partial charge in [0.05, 0.1) is 24.3 Å². The number of ether oxygens (including phenoxy) is 1. The van der Waals surface area contributed by atoms with Crippen LogP contribution in [0.15, 0.2) is 53.9 Å². The molecule has 0 radical (unpaired) electrons. The van der Waals surface area contributed by atoms with Gasteiger partial charge in [-0.05, 0) is 55.2 Å². The number of rotatable bonds is 7. The Morgan fingerprint density at radius 1 is 1.16 bits per heavy atom. The molecule has 32 heavy (non-hydrogen) atoms. The summed E-state index contributed by atoms with van der Waals surface area (Å²) in [4.78, 5) is 29.7. The summed E-state index contributed by atoms with van der Waals surface area (Å²) in [5.74, 6) is -0.509. The number of amides is 1. The lowest BCUT2D eigenvalue weighted by Crippen LogP contribution is -2.21. The van der Waals surface area contributed by atoms with Gasteiger partial charge in [0.25, 0.3) is 0 Å². The van der Waals surface area contributed by atoms with E-state index in [1.165, 1.54) is 32.1 Å². The van der Waals surface area contributed by atoms with Crippen LogP contribution >= 0.6 is 11.3 Å². The van der Waals surface area contributed by atoms with Gasteiger partial charge in [0.2, 0.25) is 5.91 Å². The minimum Gasteiger partial charge on any atom is -0.465 e. The fourth-order valence-corrected chi connectivity index (χ4v) is 4.51. The standard InChI is InChI=1S/C26H26N2O3S/c1-17(21-11-3-4-12-22(21)26(30)31-2)25(29)27-20-10-5-7-18(15-20)13-14-24-28-23(16-32-24)19-8-6-9-19/h3-5,7,10-17,19H,6,8-9H2,1-2H3,(H,27,29). The van der Waals surface area contributed by atoms with Crippen LogP contribution in [0.1, 0.15) is 70.2 Å². The van der Waals surface area contributed by atoms with Crippen LogP contribution in [0.4, 0.5) is 5.69 Å². The molecule has 1 saturated carbocycles. The Labute approximate surface area is 192 Å². The highest BCUT2D eigenvalue weighted by atomic mass is 32.1.